The third-order valence-corrected chi connectivity index (χ3v) is 0.825. The highest BCUT2D eigenvalue weighted by atomic mass is 16.4. The predicted octanol–water partition coefficient (Wildman–Crippen LogP) is -1.71. The molecule has 5 N–H and O–H groups in total. The number of carboxylic acids is 1. The summed E-state index contributed by atoms with van der Waals surface area (Å²) in [6.45, 7) is 1.76. The molecule has 0 saturated heterocycles. The number of carbonyl (C=O) groups is 1. The zero-order valence-corrected chi connectivity index (χ0v) is 4.79. The summed E-state index contributed by atoms with van der Waals surface area (Å²) in [5.74, 6) is 4.23. The van der Waals surface area contributed by atoms with Gasteiger partial charge in [0.15, 0.2) is 0 Å². The first-order valence-corrected chi connectivity index (χ1v) is 2.43. The van der Waals surface area contributed by atoms with E-state index in [0.29, 0.717) is 0 Å². The summed E-state index contributed by atoms with van der Waals surface area (Å²) in [6, 6.07) is -0.0208. The molecule has 0 aromatic carbocycles. The summed E-state index contributed by atoms with van der Waals surface area (Å²) < 4.78 is 0. The van der Waals surface area contributed by atoms with Gasteiger partial charge in [-0.05, 0) is 6.92 Å². The minimum absolute atomic E-state index is 0.0208. The summed E-state index contributed by atoms with van der Waals surface area (Å²) in [7, 11) is 0. The quantitative estimate of drug-likeness (QED) is 0.305. The molecule has 0 fully saturated rings. The number of quaternary nitrogens is 1. The van der Waals surface area contributed by atoms with Gasteiger partial charge < -0.3 is 5.11 Å². The number of hydrogen-bond donors (Lipinski definition) is 3. The molecule has 0 bridgehead atoms. The lowest BCUT2D eigenvalue weighted by Crippen LogP contribution is -2.95. The van der Waals surface area contributed by atoms with Crippen LogP contribution in [0.15, 0.2) is 0 Å². The van der Waals surface area contributed by atoms with Crippen molar-refractivity contribution in [1.82, 2.24) is 0 Å². The third kappa shape index (κ3) is 3.58. The van der Waals surface area contributed by atoms with Crippen LogP contribution in [-0.4, -0.2) is 17.1 Å². The van der Waals surface area contributed by atoms with Crippen molar-refractivity contribution in [2.45, 2.75) is 19.4 Å². The Hall–Kier alpha value is -0.610. The van der Waals surface area contributed by atoms with Gasteiger partial charge in [-0.25, -0.2) is 0 Å². The first-order valence-electron chi connectivity index (χ1n) is 2.43. The van der Waals surface area contributed by atoms with Gasteiger partial charge in [-0.1, -0.05) is 0 Å². The fraction of sp³-hybridized carbons (Fsp3) is 0.750. The Balaban J connectivity index is 3.24. The van der Waals surface area contributed by atoms with E-state index in [1.165, 1.54) is 5.43 Å². The van der Waals surface area contributed by atoms with Gasteiger partial charge in [0.1, 0.15) is 6.04 Å². The van der Waals surface area contributed by atoms with E-state index in [0.717, 1.165) is 0 Å². The number of rotatable bonds is 3. The smallest absolute Gasteiger partial charge is 0.309 e. The van der Waals surface area contributed by atoms with Crippen molar-refractivity contribution < 1.29 is 15.3 Å². The minimum atomic E-state index is -0.806. The molecule has 0 aromatic heterocycles. The van der Waals surface area contributed by atoms with Crippen LogP contribution in [0.4, 0.5) is 0 Å². The van der Waals surface area contributed by atoms with Crippen molar-refractivity contribution in [2.75, 3.05) is 0 Å². The van der Waals surface area contributed by atoms with E-state index in [4.69, 9.17) is 10.9 Å². The van der Waals surface area contributed by atoms with Gasteiger partial charge in [0.05, 0.1) is 6.42 Å². The van der Waals surface area contributed by atoms with Crippen molar-refractivity contribution in [3.05, 3.63) is 0 Å². The molecule has 8 heavy (non-hydrogen) atoms. The lowest BCUT2D eigenvalue weighted by molar-refractivity contribution is -0.697. The summed E-state index contributed by atoms with van der Waals surface area (Å²) >= 11 is 0. The van der Waals surface area contributed by atoms with Gasteiger partial charge in [0.2, 0.25) is 0 Å². The molecule has 0 heterocycles. The van der Waals surface area contributed by atoms with Crippen molar-refractivity contribution in [3.8, 4) is 0 Å². The van der Waals surface area contributed by atoms with Crippen molar-refractivity contribution >= 4 is 5.97 Å². The van der Waals surface area contributed by atoms with Gasteiger partial charge in [-0.3, -0.25) is 10.2 Å². The first-order chi connectivity index (χ1) is 3.66. The maximum absolute atomic E-state index is 9.89. The highest BCUT2D eigenvalue weighted by molar-refractivity contribution is 5.67. The third-order valence-electron chi connectivity index (χ3n) is 0.825. The number of carboxylic acid groups (broad SMARTS) is 1. The van der Waals surface area contributed by atoms with Crippen LogP contribution in [0.1, 0.15) is 13.3 Å². The van der Waals surface area contributed by atoms with Crippen molar-refractivity contribution in [2.24, 2.45) is 5.84 Å². The summed E-state index contributed by atoms with van der Waals surface area (Å²) in [5, 5.41) is 8.14. The fourth-order valence-electron chi connectivity index (χ4n) is 0.343. The molecule has 48 valence electrons. The molecule has 0 saturated carbocycles. The second-order valence-corrected chi connectivity index (χ2v) is 1.77. The highest BCUT2D eigenvalue weighted by Crippen LogP contribution is 1.80. The van der Waals surface area contributed by atoms with E-state index in [1.807, 2.05) is 0 Å². The molecule has 0 aliphatic carbocycles. The summed E-state index contributed by atoms with van der Waals surface area (Å²) in [5.41, 5.74) is 1.38. The SMILES string of the molecule is CC(CC(=O)O)[NH2+]N. The maximum Gasteiger partial charge on any atom is 0.309 e. The van der Waals surface area contributed by atoms with Crippen molar-refractivity contribution in [3.63, 3.8) is 0 Å². The van der Waals surface area contributed by atoms with E-state index in [1.54, 1.807) is 6.92 Å². The molecule has 0 aromatic rings. The lowest BCUT2D eigenvalue weighted by atomic mass is 10.2. The number of aliphatic carboxylic acids is 1. The van der Waals surface area contributed by atoms with E-state index in [-0.39, 0.29) is 12.5 Å². The Morgan fingerprint density at radius 3 is 2.62 bits per heavy atom. The van der Waals surface area contributed by atoms with Crippen LogP contribution in [-0.2, 0) is 4.79 Å². The van der Waals surface area contributed by atoms with E-state index >= 15 is 0 Å². The summed E-state index contributed by atoms with van der Waals surface area (Å²) in [4.78, 5) is 9.89. The van der Waals surface area contributed by atoms with Gasteiger partial charge in [0, 0.05) is 0 Å². The Labute approximate surface area is 47.6 Å². The standard InChI is InChI=1S/C4H10N2O2/c1-3(6-5)2-4(7)8/h3,6H,2,5H2,1H3,(H,7,8)/p+1. The minimum Gasteiger partial charge on any atom is -0.481 e. The van der Waals surface area contributed by atoms with Crippen LogP contribution in [0.2, 0.25) is 0 Å². The monoisotopic (exact) mass is 119 g/mol. The highest BCUT2D eigenvalue weighted by Gasteiger charge is 2.06. The van der Waals surface area contributed by atoms with Crippen molar-refractivity contribution in [1.29, 1.82) is 0 Å². The van der Waals surface area contributed by atoms with E-state index < -0.39 is 5.97 Å². The molecule has 1 unspecified atom stereocenters. The van der Waals surface area contributed by atoms with Crippen LogP contribution in [0.5, 0.6) is 0 Å². The molecule has 1 atom stereocenters. The van der Waals surface area contributed by atoms with Gasteiger partial charge in [-0.15, -0.1) is 0 Å². The van der Waals surface area contributed by atoms with Crippen LogP contribution in [0.3, 0.4) is 0 Å². The molecule has 4 heteroatoms. The number of hydrogen-bond acceptors (Lipinski definition) is 2. The average Bonchev–Trinajstić information content (AvgIpc) is 1.65. The molecule has 0 aliphatic rings. The largest absolute Gasteiger partial charge is 0.481 e. The van der Waals surface area contributed by atoms with Gasteiger partial charge in [-0.2, -0.15) is 5.84 Å². The molecule has 0 aliphatic heterocycles. The molecule has 0 spiro atoms. The normalized spacial score (nSPS) is 13.2. The Morgan fingerprint density at radius 2 is 2.50 bits per heavy atom. The van der Waals surface area contributed by atoms with E-state index in [2.05, 4.69) is 0 Å². The summed E-state index contributed by atoms with van der Waals surface area (Å²) in [6.07, 6.45) is 0.122. The molecule has 4 nitrogen and oxygen atoms in total. The topological polar surface area (TPSA) is 79.9 Å². The average molecular weight is 119 g/mol. The first kappa shape index (κ1) is 7.39. The second kappa shape index (κ2) is 3.40. The van der Waals surface area contributed by atoms with E-state index in [9.17, 15) is 4.79 Å². The zero-order valence-electron chi connectivity index (χ0n) is 4.79. The molecule has 0 rings (SSSR count). The lowest BCUT2D eigenvalue weighted by Gasteiger charge is -1.99. The Kier molecular flexibility index (Phi) is 3.14. The molecular weight excluding hydrogens is 108 g/mol. The number of nitrogens with two attached hydrogens (primary N) is 2. The molecule has 0 amide bonds. The zero-order chi connectivity index (χ0) is 6.57. The maximum atomic E-state index is 9.89. The predicted molar refractivity (Wildman–Crippen MR) is 27.8 cm³/mol. The van der Waals surface area contributed by atoms with Crippen LogP contribution in [0, 0.1) is 0 Å². The van der Waals surface area contributed by atoms with Gasteiger partial charge in [0.25, 0.3) is 0 Å². The molecular formula is C4H11N2O2+. The Morgan fingerprint density at radius 1 is 2.00 bits per heavy atom. The molecule has 0 radical (unpaired) electrons. The van der Waals surface area contributed by atoms with Gasteiger partial charge >= 0.3 is 5.97 Å². The van der Waals surface area contributed by atoms with Crippen LogP contribution >= 0.6 is 0 Å². The fourth-order valence-corrected chi connectivity index (χ4v) is 0.343. The van der Waals surface area contributed by atoms with Crippen LogP contribution in [0.25, 0.3) is 0 Å². The Bertz CT molecular complexity index is 84.1. The van der Waals surface area contributed by atoms with Crippen LogP contribution < -0.4 is 11.3 Å². The second-order valence-electron chi connectivity index (χ2n) is 1.77.